The minimum absolute atomic E-state index is 0. The molecule has 2 aliphatic heterocycles. The van der Waals surface area contributed by atoms with E-state index in [0.29, 0.717) is 13.0 Å². The lowest BCUT2D eigenvalue weighted by Gasteiger charge is -2.23. The summed E-state index contributed by atoms with van der Waals surface area (Å²) in [6.45, 7) is 2.35. The summed E-state index contributed by atoms with van der Waals surface area (Å²) in [6.07, 6.45) is 4.97. The number of aliphatic hydroxyl groups is 1. The smallest absolute Gasteiger partial charge is 0.239 e. The number of rotatable bonds is 1. The van der Waals surface area contributed by atoms with Crippen LogP contribution in [0.15, 0.2) is 0 Å². The van der Waals surface area contributed by atoms with Gasteiger partial charge in [-0.15, -0.1) is 12.4 Å². The zero-order valence-electron chi connectivity index (χ0n) is 9.52. The Morgan fingerprint density at radius 1 is 1.19 bits per heavy atom. The number of carbonyl (C=O) groups excluding carboxylic acids is 1. The van der Waals surface area contributed by atoms with Crippen molar-refractivity contribution in [2.45, 2.75) is 44.2 Å². The molecule has 2 N–H and O–H groups in total. The van der Waals surface area contributed by atoms with Gasteiger partial charge in [-0.2, -0.15) is 0 Å². The monoisotopic (exact) mass is 248 g/mol. The molecule has 4 nitrogen and oxygen atoms in total. The van der Waals surface area contributed by atoms with Gasteiger partial charge in [0.15, 0.2) is 0 Å². The number of β-amino-alcohol motifs (C(OH)–C–C–N with tert-alkyl or cyclic N) is 1. The fourth-order valence-corrected chi connectivity index (χ4v) is 2.42. The van der Waals surface area contributed by atoms with E-state index in [1.807, 2.05) is 4.90 Å². The van der Waals surface area contributed by atoms with Crippen LogP contribution in [0.3, 0.4) is 0 Å². The first-order valence-corrected chi connectivity index (χ1v) is 5.97. The molecule has 2 saturated heterocycles. The Morgan fingerprint density at radius 2 is 1.81 bits per heavy atom. The maximum Gasteiger partial charge on any atom is 0.239 e. The summed E-state index contributed by atoms with van der Waals surface area (Å²) in [7, 11) is 0. The van der Waals surface area contributed by atoms with Crippen molar-refractivity contribution in [3.63, 3.8) is 0 Å². The van der Waals surface area contributed by atoms with Crippen LogP contribution >= 0.6 is 12.4 Å². The number of nitrogens with one attached hydrogen (secondary N) is 1. The first kappa shape index (κ1) is 13.7. The summed E-state index contributed by atoms with van der Waals surface area (Å²) in [4.78, 5) is 14.0. The molecule has 0 aromatic heterocycles. The normalized spacial score (nSPS) is 30.7. The molecule has 0 bridgehead atoms. The van der Waals surface area contributed by atoms with E-state index in [0.717, 1.165) is 25.9 Å². The first-order chi connectivity index (χ1) is 7.27. The van der Waals surface area contributed by atoms with Gasteiger partial charge < -0.3 is 15.3 Å². The molecule has 0 saturated carbocycles. The van der Waals surface area contributed by atoms with Crippen molar-refractivity contribution >= 4 is 18.3 Å². The van der Waals surface area contributed by atoms with Gasteiger partial charge in [0.2, 0.25) is 5.91 Å². The Kier molecular flexibility index (Phi) is 5.52. The number of likely N-dealkylation sites (tertiary alicyclic amines) is 1. The Balaban J connectivity index is 0.00000128. The Bertz CT molecular complexity index is 230. The quantitative estimate of drug-likeness (QED) is 0.712. The predicted molar refractivity (Wildman–Crippen MR) is 64.7 cm³/mol. The van der Waals surface area contributed by atoms with Crippen molar-refractivity contribution in [1.29, 1.82) is 0 Å². The van der Waals surface area contributed by atoms with Gasteiger partial charge in [0.05, 0.1) is 12.1 Å². The number of hydrogen-bond acceptors (Lipinski definition) is 3. The number of carbonyl (C=O) groups is 1. The average Bonchev–Trinajstić information content (AvgIpc) is 2.53. The van der Waals surface area contributed by atoms with Crippen LogP contribution in [0.5, 0.6) is 0 Å². The molecule has 1 amide bonds. The molecular weight excluding hydrogens is 228 g/mol. The van der Waals surface area contributed by atoms with E-state index in [1.165, 1.54) is 12.8 Å². The van der Waals surface area contributed by atoms with Crippen molar-refractivity contribution < 1.29 is 9.90 Å². The third kappa shape index (κ3) is 3.34. The van der Waals surface area contributed by atoms with Crippen LogP contribution in [0.25, 0.3) is 0 Å². The molecule has 0 aromatic rings. The highest BCUT2D eigenvalue weighted by molar-refractivity contribution is 5.85. The van der Waals surface area contributed by atoms with Crippen LogP contribution in [0.1, 0.15) is 32.1 Å². The highest BCUT2D eigenvalue weighted by Crippen LogP contribution is 2.14. The number of halogens is 1. The van der Waals surface area contributed by atoms with E-state index < -0.39 is 0 Å². The minimum Gasteiger partial charge on any atom is -0.392 e. The van der Waals surface area contributed by atoms with Crippen LogP contribution in [0, 0.1) is 0 Å². The summed E-state index contributed by atoms with van der Waals surface area (Å²) in [5, 5.41) is 12.5. The summed E-state index contributed by atoms with van der Waals surface area (Å²) < 4.78 is 0. The van der Waals surface area contributed by atoms with Gasteiger partial charge in [-0.1, -0.05) is 12.8 Å². The van der Waals surface area contributed by atoms with Crippen LogP contribution < -0.4 is 5.32 Å². The van der Waals surface area contributed by atoms with Crippen molar-refractivity contribution in [2.24, 2.45) is 0 Å². The van der Waals surface area contributed by atoms with Gasteiger partial charge in [-0.05, 0) is 19.3 Å². The van der Waals surface area contributed by atoms with Crippen LogP contribution in [-0.4, -0.2) is 47.7 Å². The predicted octanol–water partition coefficient (Wildman–Crippen LogP) is 0.534. The molecule has 2 heterocycles. The molecule has 2 rings (SSSR count). The number of aliphatic hydroxyl groups excluding tert-OH is 1. The van der Waals surface area contributed by atoms with E-state index in [-0.39, 0.29) is 30.5 Å². The molecule has 2 fully saturated rings. The molecule has 0 radical (unpaired) electrons. The fourth-order valence-electron chi connectivity index (χ4n) is 2.42. The van der Waals surface area contributed by atoms with E-state index in [4.69, 9.17) is 0 Å². The molecule has 0 aromatic carbocycles. The molecule has 0 spiro atoms. The third-order valence-corrected chi connectivity index (χ3v) is 3.32. The fraction of sp³-hybridized carbons (Fsp3) is 0.909. The zero-order chi connectivity index (χ0) is 10.7. The van der Waals surface area contributed by atoms with Gasteiger partial charge in [-0.25, -0.2) is 0 Å². The first-order valence-electron chi connectivity index (χ1n) is 5.97. The van der Waals surface area contributed by atoms with Gasteiger partial charge >= 0.3 is 0 Å². The second-order valence-corrected chi connectivity index (χ2v) is 4.59. The van der Waals surface area contributed by atoms with Gasteiger partial charge in [0.1, 0.15) is 0 Å². The molecule has 94 valence electrons. The average molecular weight is 249 g/mol. The number of amides is 1. The van der Waals surface area contributed by atoms with Gasteiger partial charge in [0.25, 0.3) is 0 Å². The largest absolute Gasteiger partial charge is 0.392 e. The lowest BCUT2D eigenvalue weighted by atomic mass is 10.2. The molecule has 0 aliphatic carbocycles. The maximum absolute atomic E-state index is 12.1. The van der Waals surface area contributed by atoms with E-state index >= 15 is 0 Å². The van der Waals surface area contributed by atoms with Crippen molar-refractivity contribution in [1.82, 2.24) is 10.2 Å². The van der Waals surface area contributed by atoms with Crippen LogP contribution in [0.4, 0.5) is 0 Å². The van der Waals surface area contributed by atoms with Crippen molar-refractivity contribution in [3.8, 4) is 0 Å². The van der Waals surface area contributed by atoms with Gasteiger partial charge in [-0.3, -0.25) is 4.79 Å². The lowest BCUT2D eigenvalue weighted by Crippen LogP contribution is -2.43. The Labute approximate surface area is 103 Å². The summed E-state index contributed by atoms with van der Waals surface area (Å²) >= 11 is 0. The van der Waals surface area contributed by atoms with Gasteiger partial charge in [0, 0.05) is 19.6 Å². The summed E-state index contributed by atoms with van der Waals surface area (Å²) in [5.74, 6) is 0.188. The molecule has 0 unspecified atom stereocenters. The molecule has 5 heteroatoms. The maximum atomic E-state index is 12.1. The van der Waals surface area contributed by atoms with E-state index in [2.05, 4.69) is 5.32 Å². The van der Waals surface area contributed by atoms with E-state index in [1.54, 1.807) is 0 Å². The summed E-state index contributed by atoms with van der Waals surface area (Å²) in [6, 6.07) is -0.141. The molecule has 2 aliphatic rings. The third-order valence-electron chi connectivity index (χ3n) is 3.32. The zero-order valence-corrected chi connectivity index (χ0v) is 10.3. The lowest BCUT2D eigenvalue weighted by molar-refractivity contribution is -0.133. The van der Waals surface area contributed by atoms with Crippen LogP contribution in [-0.2, 0) is 4.79 Å². The molecular formula is C11H21ClN2O2. The second-order valence-electron chi connectivity index (χ2n) is 4.59. The Morgan fingerprint density at radius 3 is 2.31 bits per heavy atom. The highest BCUT2D eigenvalue weighted by Gasteiger charge is 2.31. The van der Waals surface area contributed by atoms with Crippen molar-refractivity contribution in [3.05, 3.63) is 0 Å². The van der Waals surface area contributed by atoms with Crippen LogP contribution in [0.2, 0.25) is 0 Å². The highest BCUT2D eigenvalue weighted by atomic mass is 35.5. The van der Waals surface area contributed by atoms with E-state index in [9.17, 15) is 9.90 Å². The SMILES string of the molecule is Cl.O=C([C@H]1C[C@H](O)CN1)N1CCCCCC1. The molecule has 16 heavy (non-hydrogen) atoms. The minimum atomic E-state index is -0.342. The number of nitrogens with zero attached hydrogens (tertiary/aromatic N) is 1. The topological polar surface area (TPSA) is 52.6 Å². The van der Waals surface area contributed by atoms with Crippen molar-refractivity contribution in [2.75, 3.05) is 19.6 Å². The number of hydrogen-bond donors (Lipinski definition) is 2. The Hall–Kier alpha value is -0.320. The standard InChI is InChI=1S/C11H20N2O2.ClH/c14-9-7-10(12-8-9)11(15)13-5-3-1-2-4-6-13;/h9-10,12,14H,1-8H2;1H/t9-,10+;/m0./s1. The summed E-state index contributed by atoms with van der Waals surface area (Å²) in [5.41, 5.74) is 0. The molecule has 2 atom stereocenters. The second kappa shape index (κ2) is 6.42.